The van der Waals surface area contributed by atoms with E-state index in [4.69, 9.17) is 0 Å². The van der Waals surface area contributed by atoms with Crippen LogP contribution >= 0.6 is 0 Å². The first kappa shape index (κ1) is 18.7. The van der Waals surface area contributed by atoms with Crippen LogP contribution in [0.25, 0.3) is 0 Å². The number of carbonyl (C=O) groups is 1. The van der Waals surface area contributed by atoms with Crippen LogP contribution in [0.5, 0.6) is 5.75 Å². The van der Waals surface area contributed by atoms with Crippen LogP contribution in [-0.2, 0) is 11.3 Å². The van der Waals surface area contributed by atoms with E-state index in [1.165, 1.54) is 18.2 Å². The van der Waals surface area contributed by atoms with Crippen molar-refractivity contribution in [1.29, 1.82) is 0 Å². The lowest BCUT2D eigenvalue weighted by molar-refractivity contribution is -0.274. The average molecular weight is 356 g/mol. The SMILES string of the molecule is CN(CC(=O)Nc1ccc(OC(F)(F)F)cc1)Cc1ccccc1F. The van der Waals surface area contributed by atoms with Crippen molar-refractivity contribution in [2.45, 2.75) is 12.9 Å². The van der Waals surface area contributed by atoms with Crippen molar-refractivity contribution >= 4 is 11.6 Å². The van der Waals surface area contributed by atoms with E-state index < -0.39 is 6.36 Å². The minimum Gasteiger partial charge on any atom is -0.406 e. The molecular formula is C17H16F4N2O2. The van der Waals surface area contributed by atoms with Gasteiger partial charge in [-0.2, -0.15) is 0 Å². The molecule has 1 amide bonds. The predicted octanol–water partition coefficient (Wildman–Crippen LogP) is 3.79. The summed E-state index contributed by atoms with van der Waals surface area (Å²) in [5.41, 5.74) is 0.797. The number of ether oxygens (including phenoxy) is 1. The van der Waals surface area contributed by atoms with E-state index in [9.17, 15) is 22.4 Å². The quantitative estimate of drug-likeness (QED) is 0.801. The summed E-state index contributed by atoms with van der Waals surface area (Å²) in [4.78, 5) is 13.6. The van der Waals surface area contributed by atoms with Crippen LogP contribution in [0.15, 0.2) is 48.5 Å². The van der Waals surface area contributed by atoms with Gasteiger partial charge in [0, 0.05) is 17.8 Å². The van der Waals surface area contributed by atoms with Crippen LogP contribution in [0, 0.1) is 5.82 Å². The van der Waals surface area contributed by atoms with Crippen molar-refractivity contribution < 1.29 is 27.1 Å². The molecule has 0 saturated carbocycles. The first-order valence-electron chi connectivity index (χ1n) is 7.30. The molecule has 134 valence electrons. The highest BCUT2D eigenvalue weighted by atomic mass is 19.4. The molecule has 2 aromatic rings. The normalized spacial score (nSPS) is 11.4. The molecule has 2 rings (SSSR count). The van der Waals surface area contributed by atoms with Crippen molar-refractivity contribution in [3.63, 3.8) is 0 Å². The first-order valence-corrected chi connectivity index (χ1v) is 7.30. The first-order chi connectivity index (χ1) is 11.7. The van der Waals surface area contributed by atoms with Crippen LogP contribution in [0.4, 0.5) is 23.2 Å². The van der Waals surface area contributed by atoms with Crippen molar-refractivity contribution in [1.82, 2.24) is 4.90 Å². The number of nitrogens with zero attached hydrogens (tertiary/aromatic N) is 1. The summed E-state index contributed by atoms with van der Waals surface area (Å²) in [5, 5.41) is 2.55. The van der Waals surface area contributed by atoms with Crippen molar-refractivity contribution in [3.05, 3.63) is 59.9 Å². The fourth-order valence-corrected chi connectivity index (χ4v) is 2.16. The number of anilines is 1. The standard InChI is InChI=1S/C17H16F4N2O2/c1-23(10-12-4-2-3-5-15(12)18)11-16(24)22-13-6-8-14(9-7-13)25-17(19,20)21/h2-9H,10-11H2,1H3,(H,22,24). The monoisotopic (exact) mass is 356 g/mol. The number of alkyl halides is 3. The van der Waals surface area contributed by atoms with Gasteiger partial charge in [0.1, 0.15) is 11.6 Å². The zero-order valence-electron chi connectivity index (χ0n) is 13.3. The van der Waals surface area contributed by atoms with Crippen molar-refractivity contribution in [2.24, 2.45) is 0 Å². The lowest BCUT2D eigenvalue weighted by Crippen LogP contribution is -2.30. The summed E-state index contributed by atoms with van der Waals surface area (Å²) in [5.74, 6) is -1.10. The molecule has 0 aromatic heterocycles. The van der Waals surface area contributed by atoms with Gasteiger partial charge in [0.15, 0.2) is 0 Å². The predicted molar refractivity (Wildman–Crippen MR) is 84.5 cm³/mol. The lowest BCUT2D eigenvalue weighted by Gasteiger charge is -2.17. The van der Waals surface area contributed by atoms with Crippen molar-refractivity contribution in [3.8, 4) is 5.75 Å². The molecule has 0 atom stereocenters. The number of hydrogen-bond donors (Lipinski definition) is 1. The topological polar surface area (TPSA) is 41.6 Å². The minimum absolute atomic E-state index is 0.00482. The summed E-state index contributed by atoms with van der Waals surface area (Å²) in [6.45, 7) is 0.244. The van der Waals surface area contributed by atoms with Crippen molar-refractivity contribution in [2.75, 3.05) is 18.9 Å². The Hall–Kier alpha value is -2.61. The molecule has 0 unspecified atom stereocenters. The zero-order chi connectivity index (χ0) is 18.4. The maximum Gasteiger partial charge on any atom is 0.573 e. The molecule has 0 aliphatic rings. The molecular weight excluding hydrogens is 340 g/mol. The number of amides is 1. The number of carbonyl (C=O) groups excluding carboxylic acids is 1. The van der Waals surface area contributed by atoms with Gasteiger partial charge in [-0.25, -0.2) is 4.39 Å². The Kier molecular flexibility index (Phi) is 5.97. The molecule has 0 aliphatic heterocycles. The van der Waals surface area contributed by atoms with Crippen LogP contribution < -0.4 is 10.1 Å². The molecule has 0 saturated heterocycles. The van der Waals surface area contributed by atoms with Gasteiger partial charge >= 0.3 is 6.36 Å². The van der Waals surface area contributed by atoms with E-state index in [0.29, 0.717) is 11.3 Å². The third-order valence-corrected chi connectivity index (χ3v) is 3.18. The van der Waals surface area contributed by atoms with E-state index in [0.717, 1.165) is 12.1 Å². The third-order valence-electron chi connectivity index (χ3n) is 3.18. The lowest BCUT2D eigenvalue weighted by atomic mass is 10.2. The number of nitrogens with one attached hydrogen (secondary N) is 1. The largest absolute Gasteiger partial charge is 0.573 e. The van der Waals surface area contributed by atoms with Crippen LogP contribution in [-0.4, -0.2) is 30.8 Å². The van der Waals surface area contributed by atoms with Crippen LogP contribution in [0.2, 0.25) is 0 Å². The molecule has 0 heterocycles. The fourth-order valence-electron chi connectivity index (χ4n) is 2.16. The van der Waals surface area contributed by atoms with E-state index in [-0.39, 0.29) is 30.6 Å². The maximum absolute atomic E-state index is 13.6. The molecule has 25 heavy (non-hydrogen) atoms. The van der Waals surface area contributed by atoms with E-state index in [1.807, 2.05) is 0 Å². The summed E-state index contributed by atoms with van der Waals surface area (Å²) >= 11 is 0. The number of rotatable bonds is 6. The number of likely N-dealkylation sites (N-methyl/N-ethyl adjacent to an activating group) is 1. The average Bonchev–Trinajstić information content (AvgIpc) is 2.50. The van der Waals surface area contributed by atoms with Gasteiger partial charge in [-0.3, -0.25) is 9.69 Å². The third kappa shape index (κ3) is 6.42. The Morgan fingerprint density at radius 1 is 1.12 bits per heavy atom. The van der Waals surface area contributed by atoms with Crippen LogP contribution in [0.3, 0.4) is 0 Å². The van der Waals surface area contributed by atoms with Gasteiger partial charge in [0.2, 0.25) is 5.91 Å². The molecule has 0 bridgehead atoms. The number of halogens is 4. The maximum atomic E-state index is 13.6. The molecule has 8 heteroatoms. The summed E-state index contributed by atoms with van der Waals surface area (Å²) in [7, 11) is 1.66. The summed E-state index contributed by atoms with van der Waals surface area (Å²) in [6, 6.07) is 11.1. The Labute approximate surface area is 142 Å². The molecule has 2 aromatic carbocycles. The zero-order valence-corrected chi connectivity index (χ0v) is 13.3. The Bertz CT molecular complexity index is 717. The minimum atomic E-state index is -4.76. The molecule has 4 nitrogen and oxygen atoms in total. The molecule has 1 N–H and O–H groups in total. The molecule has 0 spiro atoms. The van der Waals surface area contributed by atoms with Gasteiger partial charge in [-0.05, 0) is 37.4 Å². The van der Waals surface area contributed by atoms with Gasteiger partial charge in [-0.1, -0.05) is 18.2 Å². The fraction of sp³-hybridized carbons (Fsp3) is 0.235. The Balaban J connectivity index is 1.86. The van der Waals surface area contributed by atoms with E-state index in [2.05, 4.69) is 10.1 Å². The molecule has 0 aliphatic carbocycles. The smallest absolute Gasteiger partial charge is 0.406 e. The van der Waals surface area contributed by atoms with Gasteiger partial charge < -0.3 is 10.1 Å². The Morgan fingerprint density at radius 3 is 2.36 bits per heavy atom. The number of hydrogen-bond acceptors (Lipinski definition) is 3. The highest BCUT2D eigenvalue weighted by Gasteiger charge is 2.30. The second-order valence-corrected chi connectivity index (χ2v) is 5.38. The second kappa shape index (κ2) is 7.98. The number of benzene rings is 2. The van der Waals surface area contributed by atoms with Gasteiger partial charge in [-0.15, -0.1) is 13.2 Å². The van der Waals surface area contributed by atoms with E-state index in [1.54, 1.807) is 30.1 Å². The van der Waals surface area contributed by atoms with E-state index >= 15 is 0 Å². The van der Waals surface area contributed by atoms with Gasteiger partial charge in [0.05, 0.1) is 6.54 Å². The highest BCUT2D eigenvalue weighted by Crippen LogP contribution is 2.23. The summed E-state index contributed by atoms with van der Waals surface area (Å²) < 4.78 is 53.6. The Morgan fingerprint density at radius 2 is 1.76 bits per heavy atom. The highest BCUT2D eigenvalue weighted by molar-refractivity contribution is 5.92. The van der Waals surface area contributed by atoms with Crippen LogP contribution in [0.1, 0.15) is 5.56 Å². The molecule has 0 fully saturated rings. The summed E-state index contributed by atoms with van der Waals surface area (Å²) in [6.07, 6.45) is -4.76. The second-order valence-electron chi connectivity index (χ2n) is 5.38. The molecule has 0 radical (unpaired) electrons. The van der Waals surface area contributed by atoms with Gasteiger partial charge in [0.25, 0.3) is 0 Å².